The molecule has 1 aromatic heterocycles. The van der Waals surface area contributed by atoms with Crippen LogP contribution in [0, 0.1) is 6.92 Å². The van der Waals surface area contributed by atoms with Crippen molar-refractivity contribution in [3.8, 4) is 0 Å². The third kappa shape index (κ3) is 3.23. The Bertz CT molecular complexity index is 594. The third-order valence-electron chi connectivity index (χ3n) is 2.51. The lowest BCUT2D eigenvalue weighted by atomic mass is 10.1. The summed E-state index contributed by atoms with van der Waals surface area (Å²) in [6.07, 6.45) is 0. The fourth-order valence-corrected chi connectivity index (χ4v) is 6.18. The van der Waals surface area contributed by atoms with Crippen LogP contribution in [-0.4, -0.2) is 0 Å². The monoisotopic (exact) mass is 534 g/mol. The minimum atomic E-state index is -0.187. The predicted molar refractivity (Wildman–Crippen MR) is 94.0 cm³/mol. The lowest BCUT2D eigenvalue weighted by Crippen LogP contribution is -1.95. The van der Waals surface area contributed by atoms with E-state index in [1.165, 1.54) is 5.56 Å². The van der Waals surface area contributed by atoms with Crippen molar-refractivity contribution in [1.82, 2.24) is 0 Å². The lowest BCUT2D eigenvalue weighted by molar-refractivity contribution is 1.12. The highest BCUT2D eigenvalue weighted by Crippen LogP contribution is 2.43. The highest BCUT2D eigenvalue weighted by atomic mass is 79.9. The lowest BCUT2D eigenvalue weighted by Gasteiger charge is -2.13. The molecule has 1 unspecified atom stereocenters. The van der Waals surface area contributed by atoms with Crippen molar-refractivity contribution in [2.24, 2.45) is 0 Å². The van der Waals surface area contributed by atoms with Gasteiger partial charge in [0.1, 0.15) is 0 Å². The van der Waals surface area contributed by atoms with E-state index in [9.17, 15) is 0 Å². The van der Waals surface area contributed by atoms with Gasteiger partial charge in [0.25, 0.3) is 0 Å². The molecule has 1 atom stereocenters. The second kappa shape index (κ2) is 6.27. The molecule has 0 aliphatic rings. The quantitative estimate of drug-likeness (QED) is 0.349. The van der Waals surface area contributed by atoms with Crippen LogP contribution in [0.5, 0.6) is 0 Å². The normalized spacial score (nSPS) is 12.8. The smallest absolute Gasteiger partial charge is 0.0866 e. The molecule has 0 aliphatic heterocycles. The molecule has 0 fully saturated rings. The van der Waals surface area contributed by atoms with E-state index in [4.69, 9.17) is 11.6 Å². The molecule has 1 heterocycles. The van der Waals surface area contributed by atoms with E-state index in [1.807, 2.05) is 6.07 Å². The minimum Gasteiger partial charge on any atom is -0.121 e. The van der Waals surface area contributed by atoms with Gasteiger partial charge in [-0.05, 0) is 68.1 Å². The van der Waals surface area contributed by atoms with Gasteiger partial charge in [-0.25, -0.2) is 0 Å². The summed E-state index contributed by atoms with van der Waals surface area (Å²) in [6.45, 7) is 2.05. The van der Waals surface area contributed by atoms with E-state index in [1.54, 1.807) is 11.3 Å². The Labute approximate surface area is 149 Å². The first-order valence-electron chi connectivity index (χ1n) is 4.94. The molecule has 0 amide bonds. The van der Waals surface area contributed by atoms with E-state index in [-0.39, 0.29) is 5.38 Å². The fourth-order valence-electron chi connectivity index (χ4n) is 1.55. The van der Waals surface area contributed by atoms with Crippen LogP contribution < -0.4 is 0 Å². The summed E-state index contributed by atoms with van der Waals surface area (Å²) in [6, 6.07) is 6.19. The molecule has 0 aliphatic carbocycles. The highest BCUT2D eigenvalue weighted by Gasteiger charge is 2.19. The van der Waals surface area contributed by atoms with Gasteiger partial charge < -0.3 is 0 Å². The van der Waals surface area contributed by atoms with Gasteiger partial charge in [-0.15, -0.1) is 22.9 Å². The van der Waals surface area contributed by atoms with E-state index < -0.39 is 0 Å². The van der Waals surface area contributed by atoms with Crippen LogP contribution in [0.1, 0.15) is 22.1 Å². The fraction of sp³-hybridized carbons (Fsp3) is 0.167. The Balaban J connectivity index is 2.49. The van der Waals surface area contributed by atoms with Crippen LogP contribution in [-0.2, 0) is 0 Å². The third-order valence-corrected chi connectivity index (χ3v) is 6.90. The van der Waals surface area contributed by atoms with Gasteiger partial charge in [0.05, 0.1) is 12.9 Å². The summed E-state index contributed by atoms with van der Waals surface area (Å²) < 4.78 is 4.21. The summed E-state index contributed by atoms with van der Waals surface area (Å²) in [5, 5.41) is -0.187. The largest absolute Gasteiger partial charge is 0.121 e. The van der Waals surface area contributed by atoms with E-state index >= 15 is 0 Å². The number of alkyl halides is 1. The van der Waals surface area contributed by atoms with Crippen molar-refractivity contribution >= 4 is 86.7 Å². The van der Waals surface area contributed by atoms with Gasteiger partial charge in [0.2, 0.25) is 0 Å². The Hall–Kier alpha value is 1.13. The summed E-state index contributed by atoms with van der Waals surface area (Å²) in [5.41, 5.74) is 3.31. The molecule has 2 aromatic rings. The van der Waals surface area contributed by atoms with Gasteiger partial charge in [0.15, 0.2) is 0 Å². The number of hydrogen-bond donors (Lipinski definition) is 0. The maximum absolute atomic E-state index is 6.58. The number of aryl methyl sites for hydroxylation is 1. The molecule has 0 saturated carbocycles. The Kier molecular flexibility index (Phi) is 5.40. The van der Waals surface area contributed by atoms with Crippen LogP contribution in [0.2, 0.25) is 0 Å². The molecule has 6 heteroatoms. The Morgan fingerprint density at radius 2 is 1.67 bits per heavy atom. The average molecular weight is 538 g/mol. The first-order chi connectivity index (χ1) is 8.40. The van der Waals surface area contributed by atoms with Gasteiger partial charge >= 0.3 is 0 Å². The summed E-state index contributed by atoms with van der Waals surface area (Å²) >= 11 is 22.4. The van der Waals surface area contributed by atoms with Crippen molar-refractivity contribution < 1.29 is 0 Å². The predicted octanol–water partition coefficient (Wildman–Crippen LogP) is 7.43. The average Bonchev–Trinajstić information content (AvgIpc) is 2.62. The van der Waals surface area contributed by atoms with E-state index in [0.717, 1.165) is 27.6 Å². The number of benzene rings is 1. The van der Waals surface area contributed by atoms with Crippen molar-refractivity contribution in [1.29, 1.82) is 0 Å². The number of rotatable bonds is 2. The number of hydrogen-bond acceptors (Lipinski definition) is 1. The molecule has 0 N–H and O–H groups in total. The Morgan fingerprint density at radius 3 is 2.22 bits per heavy atom. The number of thiophene rings is 1. The maximum Gasteiger partial charge on any atom is 0.0866 e. The van der Waals surface area contributed by atoms with Crippen LogP contribution in [0.25, 0.3) is 0 Å². The molecule has 18 heavy (non-hydrogen) atoms. The van der Waals surface area contributed by atoms with Gasteiger partial charge in [-0.3, -0.25) is 0 Å². The highest BCUT2D eigenvalue weighted by molar-refractivity contribution is 9.12. The van der Waals surface area contributed by atoms with Crippen molar-refractivity contribution in [3.63, 3.8) is 0 Å². The second-order valence-corrected chi connectivity index (χ2v) is 9.66. The van der Waals surface area contributed by atoms with Crippen LogP contribution in [0.4, 0.5) is 0 Å². The first-order valence-corrected chi connectivity index (χ1v) is 9.37. The minimum absolute atomic E-state index is 0.187. The molecule has 1 aromatic carbocycles. The molecular formula is C12H7Br4ClS. The zero-order valence-corrected chi connectivity index (χ0v) is 17.0. The van der Waals surface area contributed by atoms with Crippen molar-refractivity contribution in [3.05, 3.63) is 51.4 Å². The van der Waals surface area contributed by atoms with Crippen molar-refractivity contribution in [2.75, 3.05) is 0 Å². The zero-order chi connectivity index (χ0) is 13.4. The topological polar surface area (TPSA) is 0 Å². The molecule has 0 saturated heterocycles. The molecule has 96 valence electrons. The number of halogens is 5. The first kappa shape index (κ1) is 15.5. The van der Waals surface area contributed by atoms with Crippen LogP contribution in [0.15, 0.2) is 34.7 Å². The summed E-state index contributed by atoms with van der Waals surface area (Å²) in [4.78, 5) is 0. The molecule has 2 rings (SSSR count). The summed E-state index contributed by atoms with van der Waals surface area (Å²) in [7, 11) is 0. The Morgan fingerprint density at radius 1 is 1.00 bits per heavy atom. The van der Waals surface area contributed by atoms with Crippen molar-refractivity contribution in [2.45, 2.75) is 12.3 Å². The van der Waals surface area contributed by atoms with Gasteiger partial charge in [-0.1, -0.05) is 31.9 Å². The van der Waals surface area contributed by atoms with Crippen LogP contribution >= 0.6 is 86.7 Å². The van der Waals surface area contributed by atoms with E-state index in [2.05, 4.69) is 82.8 Å². The van der Waals surface area contributed by atoms with E-state index in [0.29, 0.717) is 0 Å². The second-order valence-electron chi connectivity index (χ2n) is 3.77. The SMILES string of the molecule is Cc1cc(Br)c(C(Cl)c2cc(Br)sc2Br)cc1Br. The maximum atomic E-state index is 6.58. The molecule has 0 spiro atoms. The zero-order valence-electron chi connectivity index (χ0n) is 9.11. The summed E-state index contributed by atoms with van der Waals surface area (Å²) in [5.74, 6) is 0. The standard InChI is InChI=1S/C12H7Br4ClS/c1-5-2-9(14)6(3-8(5)13)11(17)7-4-10(15)18-12(7)16/h2-4,11H,1H3. The molecule has 0 radical (unpaired) electrons. The van der Waals surface area contributed by atoms with Gasteiger partial charge in [0, 0.05) is 14.5 Å². The molecule has 0 nitrogen and oxygen atoms in total. The molecule has 0 bridgehead atoms. The van der Waals surface area contributed by atoms with Crippen LogP contribution in [0.3, 0.4) is 0 Å². The molecular weight excluding hydrogens is 531 g/mol. The van der Waals surface area contributed by atoms with Gasteiger partial charge in [-0.2, -0.15) is 0 Å².